The molecule has 2 amide bonds. The van der Waals surface area contributed by atoms with Crippen molar-refractivity contribution < 1.29 is 14.0 Å². The van der Waals surface area contributed by atoms with Crippen molar-refractivity contribution in [2.75, 3.05) is 5.32 Å². The second-order valence-electron chi connectivity index (χ2n) is 6.68. The Hall–Kier alpha value is -3.41. The van der Waals surface area contributed by atoms with Gasteiger partial charge in [0.05, 0.1) is 0 Å². The van der Waals surface area contributed by atoms with Crippen LogP contribution < -0.4 is 11.1 Å². The molecule has 0 bridgehead atoms. The molecule has 0 saturated carbocycles. The number of carbonyl (C=O) groups is 2. The summed E-state index contributed by atoms with van der Waals surface area (Å²) in [6.07, 6.45) is 4.73. The molecule has 6 nitrogen and oxygen atoms in total. The van der Waals surface area contributed by atoms with E-state index in [0.29, 0.717) is 30.7 Å². The molecule has 4 rings (SSSR count). The third-order valence-corrected chi connectivity index (χ3v) is 4.82. The Labute approximate surface area is 156 Å². The highest BCUT2D eigenvalue weighted by atomic mass is 16.3. The number of nitrogens with zero attached hydrogens (tertiary/aromatic N) is 1. The number of para-hydroxylation sites is 1. The number of nitrogens with one attached hydrogen (secondary N) is 1. The van der Waals surface area contributed by atoms with Crippen molar-refractivity contribution in [1.82, 2.24) is 4.98 Å². The van der Waals surface area contributed by atoms with Crippen LogP contribution in [0.25, 0.3) is 17.0 Å². The number of hydrogen-bond acceptors (Lipinski definition) is 4. The largest absolute Gasteiger partial charge is 0.460 e. The van der Waals surface area contributed by atoms with E-state index in [0.717, 1.165) is 33.4 Å². The Morgan fingerprint density at radius 3 is 2.93 bits per heavy atom. The van der Waals surface area contributed by atoms with E-state index in [-0.39, 0.29) is 5.91 Å². The van der Waals surface area contributed by atoms with Gasteiger partial charge in [-0.3, -0.25) is 9.59 Å². The van der Waals surface area contributed by atoms with Crippen molar-refractivity contribution >= 4 is 34.7 Å². The summed E-state index contributed by atoms with van der Waals surface area (Å²) >= 11 is 0. The first-order valence-corrected chi connectivity index (χ1v) is 8.77. The monoisotopic (exact) mass is 361 g/mol. The van der Waals surface area contributed by atoms with E-state index < -0.39 is 5.91 Å². The third-order valence-electron chi connectivity index (χ3n) is 4.82. The molecule has 3 N–H and O–H groups in total. The maximum Gasteiger partial charge on any atom is 0.245 e. The highest BCUT2D eigenvalue weighted by Gasteiger charge is 2.17. The number of amides is 2. The van der Waals surface area contributed by atoms with Gasteiger partial charge < -0.3 is 15.5 Å². The minimum Gasteiger partial charge on any atom is -0.460 e. The molecule has 6 heteroatoms. The summed E-state index contributed by atoms with van der Waals surface area (Å²) in [4.78, 5) is 27.7. The summed E-state index contributed by atoms with van der Waals surface area (Å²) in [6, 6.07) is 9.69. The summed E-state index contributed by atoms with van der Waals surface area (Å²) < 4.78 is 5.91. The minimum absolute atomic E-state index is 0.0310. The van der Waals surface area contributed by atoms with E-state index in [2.05, 4.69) is 10.3 Å². The molecule has 2 aromatic heterocycles. The highest BCUT2D eigenvalue weighted by Crippen LogP contribution is 2.28. The lowest BCUT2D eigenvalue weighted by atomic mass is 10.0. The van der Waals surface area contributed by atoms with E-state index in [1.807, 2.05) is 37.3 Å². The predicted octanol–water partition coefficient (Wildman–Crippen LogP) is 3.13. The van der Waals surface area contributed by atoms with E-state index in [9.17, 15) is 9.59 Å². The van der Waals surface area contributed by atoms with Gasteiger partial charge >= 0.3 is 0 Å². The number of aryl methyl sites for hydroxylation is 2. The zero-order valence-corrected chi connectivity index (χ0v) is 14.9. The maximum absolute atomic E-state index is 12.0. The second-order valence-corrected chi connectivity index (χ2v) is 6.68. The Balaban J connectivity index is 1.67. The van der Waals surface area contributed by atoms with Gasteiger partial charge in [-0.2, -0.15) is 0 Å². The van der Waals surface area contributed by atoms with Gasteiger partial charge in [0, 0.05) is 30.0 Å². The number of fused-ring (bicyclic) bond motifs is 2. The molecule has 27 heavy (non-hydrogen) atoms. The number of primary amides is 1. The van der Waals surface area contributed by atoms with Gasteiger partial charge in [-0.15, -0.1) is 0 Å². The lowest BCUT2D eigenvalue weighted by molar-refractivity contribution is -0.116. The zero-order chi connectivity index (χ0) is 19.0. The van der Waals surface area contributed by atoms with Crippen LogP contribution in [0.1, 0.15) is 28.9 Å². The van der Waals surface area contributed by atoms with E-state index in [1.54, 1.807) is 12.3 Å². The van der Waals surface area contributed by atoms with Crippen molar-refractivity contribution in [1.29, 1.82) is 0 Å². The van der Waals surface area contributed by atoms with Crippen LogP contribution in [-0.4, -0.2) is 16.8 Å². The van der Waals surface area contributed by atoms with Crippen molar-refractivity contribution in [3.63, 3.8) is 0 Å². The molecule has 0 atom stereocenters. The van der Waals surface area contributed by atoms with Crippen LogP contribution in [0.3, 0.4) is 0 Å². The average molecular weight is 361 g/mol. The van der Waals surface area contributed by atoms with Crippen LogP contribution in [0.2, 0.25) is 0 Å². The van der Waals surface area contributed by atoms with Gasteiger partial charge in [0.2, 0.25) is 11.8 Å². The molecule has 3 heterocycles. The quantitative estimate of drug-likeness (QED) is 0.698. The number of benzene rings is 1. The summed E-state index contributed by atoms with van der Waals surface area (Å²) in [5, 5.41) is 3.78. The van der Waals surface area contributed by atoms with Crippen LogP contribution >= 0.6 is 0 Å². The number of furan rings is 1. The van der Waals surface area contributed by atoms with Crippen LogP contribution in [0.15, 0.2) is 46.5 Å². The van der Waals surface area contributed by atoms with Crippen molar-refractivity contribution in [2.45, 2.75) is 26.2 Å². The first-order valence-electron chi connectivity index (χ1n) is 8.77. The number of anilines is 1. The van der Waals surface area contributed by atoms with Gasteiger partial charge in [-0.05, 0) is 48.2 Å². The van der Waals surface area contributed by atoms with Gasteiger partial charge in [0.25, 0.3) is 0 Å². The zero-order valence-electron chi connectivity index (χ0n) is 14.9. The first-order chi connectivity index (χ1) is 13.0. The SMILES string of the molecule is Cc1c(CC(=Cc2cnc3c(c2)CCC(=O)N3)C(N)=O)oc2ccccc12. The smallest absolute Gasteiger partial charge is 0.245 e. The standard InChI is InChI=1S/C21H19N3O3/c1-12-16-4-2-3-5-17(16)27-18(12)10-15(20(22)26)9-13-8-14-6-7-19(25)24-21(14)23-11-13/h2-5,8-9,11H,6-7,10H2,1H3,(H2,22,26)(H,23,24,25). The fourth-order valence-electron chi connectivity index (χ4n) is 3.33. The molecule has 0 radical (unpaired) electrons. The molecular weight excluding hydrogens is 342 g/mol. The molecule has 0 fully saturated rings. The van der Waals surface area contributed by atoms with Crippen molar-refractivity contribution in [3.8, 4) is 0 Å². The van der Waals surface area contributed by atoms with E-state index in [4.69, 9.17) is 10.2 Å². The van der Waals surface area contributed by atoms with Gasteiger partial charge in [0.1, 0.15) is 17.2 Å². The normalized spacial score (nSPS) is 14.1. The number of carbonyl (C=O) groups excluding carboxylic acids is 2. The number of aromatic nitrogens is 1. The van der Waals surface area contributed by atoms with Crippen LogP contribution in [0.5, 0.6) is 0 Å². The molecule has 136 valence electrons. The van der Waals surface area contributed by atoms with E-state index in [1.165, 1.54) is 0 Å². The lowest BCUT2D eigenvalue weighted by Crippen LogP contribution is -2.20. The molecule has 1 aliphatic heterocycles. The van der Waals surface area contributed by atoms with Crippen LogP contribution in [0, 0.1) is 6.92 Å². The molecule has 0 spiro atoms. The maximum atomic E-state index is 12.0. The number of hydrogen-bond donors (Lipinski definition) is 2. The predicted molar refractivity (Wildman–Crippen MR) is 103 cm³/mol. The number of rotatable bonds is 4. The van der Waals surface area contributed by atoms with Gasteiger partial charge in [0.15, 0.2) is 0 Å². The first kappa shape index (κ1) is 17.0. The van der Waals surface area contributed by atoms with Crippen LogP contribution in [-0.2, 0) is 22.4 Å². The number of pyridine rings is 1. The fourth-order valence-corrected chi connectivity index (χ4v) is 3.33. The topological polar surface area (TPSA) is 98.2 Å². The molecule has 1 aromatic carbocycles. The molecule has 0 aliphatic carbocycles. The fraction of sp³-hybridized carbons (Fsp3) is 0.190. The van der Waals surface area contributed by atoms with Crippen molar-refractivity contribution in [3.05, 3.63) is 64.6 Å². The summed E-state index contributed by atoms with van der Waals surface area (Å²) in [6.45, 7) is 1.98. The highest BCUT2D eigenvalue weighted by molar-refractivity contribution is 5.97. The third kappa shape index (κ3) is 3.33. The van der Waals surface area contributed by atoms with Gasteiger partial charge in [-0.25, -0.2) is 4.98 Å². The molecule has 3 aromatic rings. The summed E-state index contributed by atoms with van der Waals surface area (Å²) in [7, 11) is 0. The second kappa shape index (κ2) is 6.72. The molecule has 0 saturated heterocycles. The van der Waals surface area contributed by atoms with Crippen LogP contribution in [0.4, 0.5) is 5.82 Å². The summed E-state index contributed by atoms with van der Waals surface area (Å²) in [5.41, 5.74) is 9.57. The van der Waals surface area contributed by atoms with Gasteiger partial charge in [-0.1, -0.05) is 18.2 Å². The Morgan fingerprint density at radius 2 is 2.15 bits per heavy atom. The average Bonchev–Trinajstić information content (AvgIpc) is 2.97. The molecular formula is C21H19N3O3. The minimum atomic E-state index is -0.499. The lowest BCUT2D eigenvalue weighted by Gasteiger charge is -2.15. The summed E-state index contributed by atoms with van der Waals surface area (Å²) in [5.74, 6) is 0.772. The Morgan fingerprint density at radius 1 is 1.33 bits per heavy atom. The van der Waals surface area contributed by atoms with Crippen molar-refractivity contribution in [2.24, 2.45) is 5.73 Å². The Kier molecular flexibility index (Phi) is 4.24. The molecule has 1 aliphatic rings. The molecule has 0 unspecified atom stereocenters. The Bertz CT molecular complexity index is 1100. The number of nitrogens with two attached hydrogens (primary N) is 1. The van der Waals surface area contributed by atoms with E-state index >= 15 is 0 Å².